The van der Waals surface area contributed by atoms with Crippen LogP contribution in [-0.4, -0.2) is 12.1 Å². The first kappa shape index (κ1) is 13.8. The number of rotatable bonds is 3. The van der Waals surface area contributed by atoms with Crippen molar-refractivity contribution < 1.29 is 9.53 Å². The van der Waals surface area contributed by atoms with Gasteiger partial charge in [-0.2, -0.15) is 5.26 Å². The van der Waals surface area contributed by atoms with Gasteiger partial charge in [0.25, 0.3) is 0 Å². The van der Waals surface area contributed by atoms with Gasteiger partial charge in [-0.25, -0.2) is 0 Å². The third kappa shape index (κ3) is 3.59. The normalized spacial score (nSPS) is 23.1. The van der Waals surface area contributed by atoms with E-state index in [1.54, 1.807) is 0 Å². The molecule has 0 fully saturated rings. The van der Waals surface area contributed by atoms with Crippen LogP contribution in [0.5, 0.6) is 0 Å². The van der Waals surface area contributed by atoms with E-state index in [1.807, 2.05) is 0 Å². The Bertz CT molecular complexity index is 374. The Labute approximate surface area is 103 Å². The highest BCUT2D eigenvalue weighted by molar-refractivity contribution is 5.66. The highest BCUT2D eigenvalue weighted by Crippen LogP contribution is 2.43. The van der Waals surface area contributed by atoms with E-state index in [1.165, 1.54) is 18.1 Å². The van der Waals surface area contributed by atoms with Crippen molar-refractivity contribution in [3.8, 4) is 6.07 Å². The lowest BCUT2D eigenvalue weighted by atomic mass is 9.70. The quantitative estimate of drug-likeness (QED) is 0.556. The first-order chi connectivity index (χ1) is 7.86. The number of nitriles is 1. The predicted molar refractivity (Wildman–Crippen MR) is 66.1 cm³/mol. The molecule has 1 aliphatic rings. The Kier molecular flexibility index (Phi) is 4.34. The van der Waals surface area contributed by atoms with E-state index in [4.69, 9.17) is 10.00 Å². The first-order valence-electron chi connectivity index (χ1n) is 6.10. The molecular weight excluding hydrogens is 214 g/mol. The monoisotopic (exact) mass is 235 g/mol. The van der Waals surface area contributed by atoms with Gasteiger partial charge in [0.15, 0.2) is 0 Å². The molecule has 17 heavy (non-hydrogen) atoms. The fraction of sp³-hybridized carbons (Fsp3) is 0.714. The molecule has 94 valence electrons. The molecule has 0 aromatic carbocycles. The van der Waals surface area contributed by atoms with Crippen LogP contribution in [0.3, 0.4) is 0 Å². The van der Waals surface area contributed by atoms with E-state index in [-0.39, 0.29) is 17.5 Å². The smallest absolute Gasteiger partial charge is 0.302 e. The molecule has 3 heteroatoms. The van der Waals surface area contributed by atoms with Gasteiger partial charge in [-0.05, 0) is 25.2 Å². The van der Waals surface area contributed by atoms with Gasteiger partial charge >= 0.3 is 5.97 Å². The Morgan fingerprint density at radius 1 is 1.59 bits per heavy atom. The molecule has 1 aliphatic carbocycles. The largest absolute Gasteiger partial charge is 0.462 e. The van der Waals surface area contributed by atoms with Crippen LogP contribution in [0.25, 0.3) is 0 Å². The zero-order valence-electron chi connectivity index (χ0n) is 11.2. The fourth-order valence-electron chi connectivity index (χ4n) is 2.86. The summed E-state index contributed by atoms with van der Waals surface area (Å²) in [7, 11) is 0. The van der Waals surface area contributed by atoms with Gasteiger partial charge in [0.05, 0.1) is 6.07 Å². The lowest BCUT2D eigenvalue weighted by molar-refractivity contribution is -0.147. The average Bonchev–Trinajstić information content (AvgIpc) is 2.14. The summed E-state index contributed by atoms with van der Waals surface area (Å²) in [5.41, 5.74) is 2.67. The van der Waals surface area contributed by atoms with E-state index in [2.05, 4.69) is 26.8 Å². The minimum atomic E-state index is -0.209. The number of allylic oxidation sites excluding steroid dienone is 1. The van der Waals surface area contributed by atoms with E-state index in [0.29, 0.717) is 6.42 Å². The summed E-state index contributed by atoms with van der Waals surface area (Å²) in [6.07, 6.45) is 3.05. The van der Waals surface area contributed by atoms with Crippen LogP contribution in [0.15, 0.2) is 11.1 Å². The maximum atomic E-state index is 11.0. The second-order valence-electron chi connectivity index (χ2n) is 5.44. The van der Waals surface area contributed by atoms with Crippen molar-refractivity contribution in [3.63, 3.8) is 0 Å². The summed E-state index contributed by atoms with van der Waals surface area (Å²) in [5.74, 6) is -0.209. The Morgan fingerprint density at radius 3 is 2.71 bits per heavy atom. The zero-order chi connectivity index (χ0) is 13.1. The van der Waals surface area contributed by atoms with Crippen LogP contribution in [-0.2, 0) is 9.53 Å². The fourth-order valence-corrected chi connectivity index (χ4v) is 2.86. The molecule has 0 spiro atoms. The lowest BCUT2D eigenvalue weighted by Crippen LogP contribution is -2.31. The summed E-state index contributed by atoms with van der Waals surface area (Å²) in [4.78, 5) is 11.0. The van der Waals surface area contributed by atoms with Crippen molar-refractivity contribution in [2.24, 2.45) is 5.41 Å². The van der Waals surface area contributed by atoms with Crippen molar-refractivity contribution in [2.75, 3.05) is 0 Å². The van der Waals surface area contributed by atoms with Crippen LogP contribution in [0.4, 0.5) is 0 Å². The highest BCUT2D eigenvalue weighted by Gasteiger charge is 2.34. The van der Waals surface area contributed by atoms with Crippen molar-refractivity contribution in [1.29, 1.82) is 5.26 Å². The van der Waals surface area contributed by atoms with Crippen LogP contribution < -0.4 is 0 Å². The number of nitrogens with zero attached hydrogens (tertiary/aromatic N) is 1. The highest BCUT2D eigenvalue weighted by atomic mass is 16.5. The number of carbonyl (C=O) groups excluding carboxylic acids is 1. The molecule has 0 aromatic heterocycles. The Balaban J connectivity index is 2.83. The standard InChI is InChI=1S/C14H21NO2/c1-10-8-12(17-11(2)16)9-14(3,4)13(10)6-5-7-15/h12H,5-6,8-9H2,1-4H3/t12-/m1/s1. The molecule has 0 heterocycles. The molecule has 0 amide bonds. The molecule has 0 bridgehead atoms. The maximum absolute atomic E-state index is 11.0. The van der Waals surface area contributed by atoms with E-state index < -0.39 is 0 Å². The number of hydrogen-bond donors (Lipinski definition) is 0. The second-order valence-corrected chi connectivity index (χ2v) is 5.44. The van der Waals surface area contributed by atoms with Crippen molar-refractivity contribution in [3.05, 3.63) is 11.1 Å². The molecule has 0 aliphatic heterocycles. The van der Waals surface area contributed by atoms with Gasteiger partial charge in [0, 0.05) is 19.8 Å². The summed E-state index contributed by atoms with van der Waals surface area (Å²) in [6.45, 7) is 7.87. The summed E-state index contributed by atoms with van der Waals surface area (Å²) < 4.78 is 5.31. The van der Waals surface area contributed by atoms with E-state index >= 15 is 0 Å². The van der Waals surface area contributed by atoms with Crippen molar-refractivity contribution in [1.82, 2.24) is 0 Å². The van der Waals surface area contributed by atoms with Gasteiger partial charge in [-0.3, -0.25) is 4.79 Å². The summed E-state index contributed by atoms with van der Waals surface area (Å²) >= 11 is 0. The van der Waals surface area contributed by atoms with E-state index in [9.17, 15) is 4.79 Å². The minimum absolute atomic E-state index is 0.00617. The number of ether oxygens (including phenoxy) is 1. The third-order valence-electron chi connectivity index (χ3n) is 3.42. The Morgan fingerprint density at radius 2 is 2.24 bits per heavy atom. The molecule has 0 aromatic rings. The minimum Gasteiger partial charge on any atom is -0.462 e. The SMILES string of the molecule is CC(=O)O[C@@H]1CC(C)=C(CCC#N)C(C)(C)C1. The molecule has 1 atom stereocenters. The average molecular weight is 235 g/mol. The van der Waals surface area contributed by atoms with Gasteiger partial charge in [0.1, 0.15) is 6.10 Å². The lowest BCUT2D eigenvalue weighted by Gasteiger charge is -2.38. The third-order valence-corrected chi connectivity index (χ3v) is 3.42. The van der Waals surface area contributed by atoms with Crippen molar-refractivity contribution >= 4 is 5.97 Å². The van der Waals surface area contributed by atoms with Gasteiger partial charge in [0.2, 0.25) is 0 Å². The van der Waals surface area contributed by atoms with Crippen LogP contribution >= 0.6 is 0 Å². The van der Waals surface area contributed by atoms with Gasteiger partial charge in [-0.1, -0.05) is 25.0 Å². The number of esters is 1. The van der Waals surface area contributed by atoms with Gasteiger partial charge < -0.3 is 4.74 Å². The van der Waals surface area contributed by atoms with Crippen LogP contribution in [0, 0.1) is 16.7 Å². The molecule has 3 nitrogen and oxygen atoms in total. The van der Waals surface area contributed by atoms with Gasteiger partial charge in [-0.15, -0.1) is 0 Å². The summed E-state index contributed by atoms with van der Waals surface area (Å²) in [5, 5.41) is 8.68. The molecule has 1 rings (SSSR count). The van der Waals surface area contributed by atoms with Crippen molar-refractivity contribution in [2.45, 2.75) is 59.5 Å². The molecule has 0 unspecified atom stereocenters. The molecule has 0 saturated heterocycles. The second kappa shape index (κ2) is 5.35. The zero-order valence-corrected chi connectivity index (χ0v) is 11.2. The Hall–Kier alpha value is -1.30. The first-order valence-corrected chi connectivity index (χ1v) is 6.10. The molecule has 0 radical (unpaired) electrons. The van der Waals surface area contributed by atoms with Crippen LogP contribution in [0.1, 0.15) is 53.4 Å². The van der Waals surface area contributed by atoms with E-state index in [0.717, 1.165) is 19.3 Å². The molecule has 0 N–H and O–H groups in total. The molecular formula is C14H21NO2. The maximum Gasteiger partial charge on any atom is 0.302 e. The summed E-state index contributed by atoms with van der Waals surface area (Å²) in [6, 6.07) is 2.20. The number of hydrogen-bond acceptors (Lipinski definition) is 3. The topological polar surface area (TPSA) is 50.1 Å². The van der Waals surface area contributed by atoms with Crippen LogP contribution in [0.2, 0.25) is 0 Å². The predicted octanol–water partition coefficient (Wildman–Crippen LogP) is 3.36. The molecule has 0 saturated carbocycles. The number of carbonyl (C=O) groups is 1.